The van der Waals surface area contributed by atoms with E-state index in [0.29, 0.717) is 5.56 Å². The number of non-ortho nitro benzene ring substituents is 1. The van der Waals surface area contributed by atoms with Crippen LogP contribution in [0.2, 0.25) is 0 Å². The molecule has 1 aromatic carbocycles. The molecular weight excluding hydrogens is 234 g/mol. The highest BCUT2D eigenvalue weighted by molar-refractivity contribution is 7.90. The van der Waals surface area contributed by atoms with Gasteiger partial charge in [-0.05, 0) is 6.07 Å². The van der Waals surface area contributed by atoms with E-state index in [0.717, 1.165) is 6.07 Å². The summed E-state index contributed by atoms with van der Waals surface area (Å²) in [7, 11) is -2.27. The third-order valence-electron chi connectivity index (χ3n) is 2.18. The third-order valence-corrected chi connectivity index (χ3v) is 3.55. The number of sulfonamides is 1. The van der Waals surface area contributed by atoms with Gasteiger partial charge in [0.1, 0.15) is 10.7 Å². The van der Waals surface area contributed by atoms with Crippen LogP contribution in [0.1, 0.15) is 5.56 Å². The maximum absolute atomic E-state index is 11.6. The van der Waals surface area contributed by atoms with Crippen LogP contribution in [0, 0.1) is 10.1 Å². The van der Waals surface area contributed by atoms with Gasteiger partial charge in [0, 0.05) is 24.7 Å². The van der Waals surface area contributed by atoms with Crippen molar-refractivity contribution in [2.75, 3.05) is 7.05 Å². The number of hydrogen-bond acceptors (Lipinski definition) is 5. The van der Waals surface area contributed by atoms with Crippen LogP contribution >= 0.6 is 0 Å². The van der Waals surface area contributed by atoms with Gasteiger partial charge in [0.2, 0.25) is 0 Å². The van der Waals surface area contributed by atoms with E-state index in [-0.39, 0.29) is 16.4 Å². The molecule has 84 valence electrons. The smallest absolute Gasteiger partial charge is 0.270 e. The number of nitro benzene ring substituents is 1. The Morgan fingerprint density at radius 3 is 2.69 bits per heavy atom. The first kappa shape index (κ1) is 10.6. The van der Waals surface area contributed by atoms with Gasteiger partial charge in [0.25, 0.3) is 15.7 Å². The lowest BCUT2D eigenvalue weighted by molar-refractivity contribution is -0.385. The Kier molecular flexibility index (Phi) is 2.16. The van der Waals surface area contributed by atoms with Crippen molar-refractivity contribution in [2.45, 2.75) is 4.90 Å². The number of nitrogens with zero attached hydrogens (tertiary/aromatic N) is 2. The van der Waals surface area contributed by atoms with Crippen LogP contribution in [0.25, 0.3) is 0 Å². The van der Waals surface area contributed by atoms with E-state index in [4.69, 9.17) is 0 Å². The van der Waals surface area contributed by atoms with Crippen molar-refractivity contribution < 1.29 is 13.3 Å². The average Bonchev–Trinajstić information content (AvgIpc) is 2.50. The highest BCUT2D eigenvalue weighted by Gasteiger charge is 2.32. The Bertz CT molecular complexity index is 606. The quantitative estimate of drug-likeness (QED) is 0.562. The summed E-state index contributed by atoms with van der Waals surface area (Å²) in [6, 6.07) is 3.63. The van der Waals surface area contributed by atoms with Gasteiger partial charge in [-0.3, -0.25) is 19.8 Å². The molecule has 0 unspecified atom stereocenters. The Balaban J connectivity index is 2.73. The van der Waals surface area contributed by atoms with Crippen LogP contribution in [-0.4, -0.2) is 26.2 Å². The fourth-order valence-corrected chi connectivity index (χ4v) is 2.74. The number of aliphatic imine (C=N–C) groups is 1. The Morgan fingerprint density at radius 1 is 1.44 bits per heavy atom. The van der Waals surface area contributed by atoms with E-state index < -0.39 is 14.9 Å². The number of rotatable bonds is 1. The lowest BCUT2D eigenvalue weighted by atomic mass is 10.2. The molecule has 0 fully saturated rings. The molecule has 0 aromatic heterocycles. The molecule has 1 aliphatic heterocycles. The first-order valence-corrected chi connectivity index (χ1v) is 5.72. The summed E-state index contributed by atoms with van der Waals surface area (Å²) < 4.78 is 25.4. The molecule has 1 aromatic rings. The number of fused-ring (bicyclic) bond motifs is 1. The van der Waals surface area contributed by atoms with E-state index >= 15 is 0 Å². The minimum atomic E-state index is -3.71. The van der Waals surface area contributed by atoms with Crippen LogP contribution in [0.5, 0.6) is 0 Å². The Labute approximate surface area is 91.0 Å². The van der Waals surface area contributed by atoms with Crippen molar-refractivity contribution in [1.82, 2.24) is 4.72 Å². The zero-order valence-electron chi connectivity index (χ0n) is 8.17. The third kappa shape index (κ3) is 1.43. The van der Waals surface area contributed by atoms with E-state index in [1.165, 1.54) is 19.2 Å². The zero-order valence-corrected chi connectivity index (χ0v) is 8.98. The first-order chi connectivity index (χ1) is 7.45. The second-order valence-electron chi connectivity index (χ2n) is 3.12. The Hall–Kier alpha value is -1.96. The normalized spacial score (nSPS) is 19.2. The maximum Gasteiger partial charge on any atom is 0.270 e. The van der Waals surface area contributed by atoms with E-state index in [1.54, 1.807) is 0 Å². The fourth-order valence-electron chi connectivity index (χ4n) is 1.45. The van der Waals surface area contributed by atoms with Crippen molar-refractivity contribution in [3.8, 4) is 0 Å². The summed E-state index contributed by atoms with van der Waals surface area (Å²) in [6.07, 6.45) is 0. The number of hydrogen-bond donors (Lipinski definition) is 1. The SMILES string of the molecule is CN=C1NS(=O)(=O)c2cc([N+](=O)[O-])ccc21. The molecule has 0 aliphatic carbocycles. The number of benzene rings is 1. The van der Waals surface area contributed by atoms with Crippen molar-refractivity contribution in [3.63, 3.8) is 0 Å². The van der Waals surface area contributed by atoms with Crippen LogP contribution in [0.15, 0.2) is 28.1 Å². The average molecular weight is 241 g/mol. The first-order valence-electron chi connectivity index (χ1n) is 4.24. The summed E-state index contributed by atoms with van der Waals surface area (Å²) >= 11 is 0. The van der Waals surface area contributed by atoms with Gasteiger partial charge in [-0.1, -0.05) is 0 Å². The number of nitrogens with one attached hydrogen (secondary N) is 1. The molecule has 0 radical (unpaired) electrons. The molecule has 1 N–H and O–H groups in total. The van der Waals surface area contributed by atoms with E-state index in [2.05, 4.69) is 9.71 Å². The summed E-state index contributed by atoms with van der Waals surface area (Å²) in [4.78, 5) is 13.5. The van der Waals surface area contributed by atoms with Crippen molar-refractivity contribution >= 4 is 21.5 Å². The van der Waals surface area contributed by atoms with Crippen molar-refractivity contribution in [2.24, 2.45) is 4.99 Å². The summed E-state index contributed by atoms with van der Waals surface area (Å²) in [5.74, 6) is 0.199. The van der Waals surface area contributed by atoms with Crippen molar-refractivity contribution in [3.05, 3.63) is 33.9 Å². The Morgan fingerprint density at radius 2 is 2.12 bits per heavy atom. The largest absolute Gasteiger partial charge is 0.271 e. The minimum Gasteiger partial charge on any atom is -0.271 e. The lowest BCUT2D eigenvalue weighted by Crippen LogP contribution is -2.21. The second-order valence-corrected chi connectivity index (χ2v) is 4.77. The van der Waals surface area contributed by atoms with Crippen LogP contribution < -0.4 is 4.72 Å². The fraction of sp³-hybridized carbons (Fsp3) is 0.125. The van der Waals surface area contributed by atoms with Gasteiger partial charge in [0.15, 0.2) is 0 Å². The van der Waals surface area contributed by atoms with Crippen molar-refractivity contribution in [1.29, 1.82) is 0 Å². The number of amidine groups is 1. The van der Waals surface area contributed by atoms with Gasteiger partial charge in [-0.15, -0.1) is 0 Å². The van der Waals surface area contributed by atoms with Crippen LogP contribution in [0.3, 0.4) is 0 Å². The van der Waals surface area contributed by atoms with Crippen LogP contribution in [0.4, 0.5) is 5.69 Å². The highest BCUT2D eigenvalue weighted by Crippen LogP contribution is 2.26. The molecule has 0 saturated carbocycles. The molecule has 0 atom stereocenters. The molecule has 7 nitrogen and oxygen atoms in total. The molecule has 8 heteroatoms. The molecule has 16 heavy (non-hydrogen) atoms. The molecule has 0 amide bonds. The van der Waals surface area contributed by atoms with Crippen LogP contribution in [-0.2, 0) is 10.0 Å². The molecule has 0 bridgehead atoms. The summed E-state index contributed by atoms with van der Waals surface area (Å²) in [5, 5.41) is 10.5. The molecule has 0 spiro atoms. The molecule has 0 saturated heterocycles. The number of nitro groups is 1. The van der Waals surface area contributed by atoms with Gasteiger partial charge in [0.05, 0.1) is 4.92 Å². The lowest BCUT2D eigenvalue weighted by Gasteiger charge is -1.95. The van der Waals surface area contributed by atoms with E-state index in [9.17, 15) is 18.5 Å². The monoisotopic (exact) mass is 241 g/mol. The van der Waals surface area contributed by atoms with Gasteiger partial charge >= 0.3 is 0 Å². The summed E-state index contributed by atoms with van der Waals surface area (Å²) in [5.41, 5.74) is 0.0922. The topological polar surface area (TPSA) is 102 Å². The molecular formula is C8H7N3O4S. The van der Waals surface area contributed by atoms with Gasteiger partial charge < -0.3 is 0 Å². The summed E-state index contributed by atoms with van der Waals surface area (Å²) in [6.45, 7) is 0. The predicted octanol–water partition coefficient (Wildman–Crippen LogP) is 0.263. The zero-order chi connectivity index (χ0) is 11.9. The molecule has 2 rings (SSSR count). The minimum absolute atomic E-state index is 0.109. The maximum atomic E-state index is 11.6. The van der Waals surface area contributed by atoms with Gasteiger partial charge in [-0.25, -0.2) is 8.42 Å². The predicted molar refractivity (Wildman–Crippen MR) is 55.9 cm³/mol. The van der Waals surface area contributed by atoms with E-state index in [1.807, 2.05) is 0 Å². The molecule has 1 aliphatic rings. The standard InChI is InChI=1S/C8H7N3O4S/c1-9-8-6-3-2-5(11(12)13)4-7(6)16(14,15)10-8/h2-4H,1H3,(H,9,10). The van der Waals surface area contributed by atoms with Gasteiger partial charge in [-0.2, -0.15) is 0 Å². The second kappa shape index (κ2) is 3.27. The highest BCUT2D eigenvalue weighted by atomic mass is 32.2. The molecule has 1 heterocycles.